The van der Waals surface area contributed by atoms with Gasteiger partial charge in [0.15, 0.2) is 0 Å². The van der Waals surface area contributed by atoms with Crippen LogP contribution in [0.5, 0.6) is 0 Å². The summed E-state index contributed by atoms with van der Waals surface area (Å²) in [5.41, 5.74) is 1.08. The van der Waals surface area contributed by atoms with E-state index in [0.29, 0.717) is 17.6 Å². The van der Waals surface area contributed by atoms with Crippen molar-refractivity contribution in [3.63, 3.8) is 0 Å². The first-order chi connectivity index (χ1) is 14.5. The zero-order valence-corrected chi connectivity index (χ0v) is 19.4. The fourth-order valence-electron chi connectivity index (χ4n) is 4.26. The lowest BCUT2D eigenvalue weighted by Crippen LogP contribution is -2.44. The molecule has 2 aliphatic rings. The van der Waals surface area contributed by atoms with Crippen molar-refractivity contribution >= 4 is 11.6 Å². The Balaban J connectivity index is 1.55. The number of ether oxygens (including phenoxy) is 2. The molecule has 0 radical (unpaired) electrons. The van der Waals surface area contributed by atoms with Crippen LogP contribution in [0.3, 0.4) is 0 Å². The number of likely N-dealkylation sites (N-methyl/N-ethyl adjacent to an activating group) is 1. The van der Waals surface area contributed by atoms with Crippen molar-refractivity contribution in [1.29, 1.82) is 0 Å². The van der Waals surface area contributed by atoms with Crippen LogP contribution in [0.4, 0.5) is 0 Å². The first-order valence-electron chi connectivity index (χ1n) is 11.5. The van der Waals surface area contributed by atoms with E-state index in [0.717, 1.165) is 12.8 Å². The van der Waals surface area contributed by atoms with Crippen LogP contribution in [0.1, 0.15) is 64.7 Å². The number of piperazine rings is 1. The summed E-state index contributed by atoms with van der Waals surface area (Å²) in [5.74, 6) is -0.372. The number of hydrogen-bond acceptors (Lipinski definition) is 6. The molecule has 0 aromatic heterocycles. The van der Waals surface area contributed by atoms with Crippen molar-refractivity contribution in [1.82, 2.24) is 9.80 Å². The Kier molecular flexibility index (Phi) is 10.6. The number of ketones is 2. The second kappa shape index (κ2) is 12.9. The Bertz CT molecular complexity index is 646. The van der Waals surface area contributed by atoms with Gasteiger partial charge in [0.05, 0.1) is 14.2 Å². The van der Waals surface area contributed by atoms with Crippen molar-refractivity contribution in [2.75, 3.05) is 54.0 Å². The van der Waals surface area contributed by atoms with Gasteiger partial charge in [-0.3, -0.25) is 9.59 Å². The van der Waals surface area contributed by atoms with E-state index < -0.39 is 0 Å². The van der Waals surface area contributed by atoms with Gasteiger partial charge in [-0.25, -0.2) is 0 Å². The van der Waals surface area contributed by atoms with Crippen LogP contribution in [0.25, 0.3) is 0 Å². The molecule has 0 saturated carbocycles. The Labute approximate surface area is 182 Å². The summed E-state index contributed by atoms with van der Waals surface area (Å²) in [7, 11) is 5.00. The molecule has 0 bridgehead atoms. The standard InChI is InChI=1S/C24H40N2O4/c1-19-20(22(28)24(30-4)23(29-3)21(19)27)13-11-9-7-5-6-8-10-12-14-26-17-15-25(2)16-18-26/h5-18H2,1-4H3. The van der Waals surface area contributed by atoms with Crippen LogP contribution < -0.4 is 0 Å². The zero-order chi connectivity index (χ0) is 21.9. The SMILES string of the molecule is COC1=C(OC)C(=O)C(CCCCCCCCCCN2CCN(C)CC2)=C(C)C1=O. The monoisotopic (exact) mass is 420 g/mol. The fourth-order valence-corrected chi connectivity index (χ4v) is 4.26. The summed E-state index contributed by atoms with van der Waals surface area (Å²) in [6.45, 7) is 7.80. The summed E-state index contributed by atoms with van der Waals surface area (Å²) >= 11 is 0. The molecule has 1 saturated heterocycles. The number of Topliss-reactive ketones (excluding diaryl/α,β-unsaturated/α-hetero) is 2. The molecular formula is C24H40N2O4. The molecule has 2 rings (SSSR count). The molecule has 0 atom stereocenters. The molecule has 0 aromatic carbocycles. The van der Waals surface area contributed by atoms with E-state index in [4.69, 9.17) is 9.47 Å². The number of carbonyl (C=O) groups is 2. The van der Waals surface area contributed by atoms with Gasteiger partial charge in [-0.1, -0.05) is 38.5 Å². The smallest absolute Gasteiger partial charge is 0.228 e. The highest BCUT2D eigenvalue weighted by Crippen LogP contribution is 2.28. The molecule has 0 unspecified atom stereocenters. The van der Waals surface area contributed by atoms with Crippen LogP contribution in [0.2, 0.25) is 0 Å². The van der Waals surface area contributed by atoms with Crippen LogP contribution >= 0.6 is 0 Å². The minimum absolute atomic E-state index is 0.0244. The molecule has 1 aliphatic heterocycles. The molecule has 1 fully saturated rings. The molecule has 0 N–H and O–H groups in total. The molecular weight excluding hydrogens is 380 g/mol. The quantitative estimate of drug-likeness (QED) is 0.334. The van der Waals surface area contributed by atoms with Crippen LogP contribution in [0, 0.1) is 0 Å². The van der Waals surface area contributed by atoms with Crippen molar-refractivity contribution in [3.8, 4) is 0 Å². The molecule has 1 aliphatic carbocycles. The van der Waals surface area contributed by atoms with E-state index in [2.05, 4.69) is 16.8 Å². The van der Waals surface area contributed by atoms with Crippen molar-refractivity contribution in [2.24, 2.45) is 0 Å². The van der Waals surface area contributed by atoms with Crippen molar-refractivity contribution in [2.45, 2.75) is 64.7 Å². The van der Waals surface area contributed by atoms with E-state index in [1.54, 1.807) is 6.92 Å². The highest BCUT2D eigenvalue weighted by molar-refractivity contribution is 6.23. The Morgan fingerprint density at radius 3 is 1.80 bits per heavy atom. The van der Waals surface area contributed by atoms with E-state index in [9.17, 15) is 9.59 Å². The van der Waals surface area contributed by atoms with Crippen LogP contribution in [-0.2, 0) is 19.1 Å². The van der Waals surface area contributed by atoms with E-state index in [-0.39, 0.29) is 23.1 Å². The van der Waals surface area contributed by atoms with Gasteiger partial charge >= 0.3 is 0 Å². The predicted octanol–water partition coefficient (Wildman–Crippen LogP) is 3.72. The van der Waals surface area contributed by atoms with Crippen LogP contribution in [0.15, 0.2) is 22.7 Å². The van der Waals surface area contributed by atoms with E-state index >= 15 is 0 Å². The summed E-state index contributed by atoms with van der Waals surface area (Å²) in [5, 5.41) is 0. The third kappa shape index (κ3) is 6.95. The molecule has 0 aromatic rings. The van der Waals surface area contributed by atoms with Gasteiger partial charge in [-0.15, -0.1) is 0 Å². The van der Waals surface area contributed by atoms with Gasteiger partial charge in [0.25, 0.3) is 0 Å². The van der Waals surface area contributed by atoms with Gasteiger partial charge in [0.2, 0.25) is 23.1 Å². The Morgan fingerprint density at radius 2 is 1.23 bits per heavy atom. The number of nitrogens with zero attached hydrogens (tertiary/aromatic N) is 2. The summed E-state index contributed by atoms with van der Waals surface area (Å²) in [6, 6.07) is 0. The van der Waals surface area contributed by atoms with Crippen molar-refractivity contribution in [3.05, 3.63) is 22.7 Å². The van der Waals surface area contributed by atoms with Gasteiger partial charge < -0.3 is 19.3 Å². The summed E-state index contributed by atoms with van der Waals surface area (Å²) in [6.07, 6.45) is 10.3. The number of allylic oxidation sites excluding steroid dienone is 2. The predicted molar refractivity (Wildman–Crippen MR) is 119 cm³/mol. The second-order valence-corrected chi connectivity index (χ2v) is 8.55. The minimum Gasteiger partial charge on any atom is -0.489 e. The Hall–Kier alpha value is -1.66. The summed E-state index contributed by atoms with van der Waals surface area (Å²) in [4.78, 5) is 30.0. The fraction of sp³-hybridized carbons (Fsp3) is 0.750. The normalized spacial score (nSPS) is 19.1. The zero-order valence-electron chi connectivity index (χ0n) is 19.4. The molecule has 170 valence electrons. The van der Waals surface area contributed by atoms with Gasteiger partial charge in [0.1, 0.15) is 0 Å². The van der Waals surface area contributed by atoms with Crippen LogP contribution in [-0.4, -0.2) is 75.4 Å². The highest BCUT2D eigenvalue weighted by atomic mass is 16.5. The maximum Gasteiger partial charge on any atom is 0.228 e. The number of rotatable bonds is 13. The topological polar surface area (TPSA) is 59.1 Å². The number of unbranched alkanes of at least 4 members (excludes halogenated alkanes) is 7. The number of carbonyl (C=O) groups excluding carboxylic acids is 2. The molecule has 1 heterocycles. The third-order valence-electron chi connectivity index (χ3n) is 6.34. The molecule has 0 spiro atoms. The lowest BCUT2D eigenvalue weighted by atomic mass is 9.89. The molecule has 0 amide bonds. The van der Waals surface area contributed by atoms with Gasteiger partial charge in [-0.2, -0.15) is 0 Å². The van der Waals surface area contributed by atoms with Crippen molar-refractivity contribution < 1.29 is 19.1 Å². The molecule has 30 heavy (non-hydrogen) atoms. The van der Waals surface area contributed by atoms with Gasteiger partial charge in [0, 0.05) is 37.3 Å². The number of methoxy groups -OCH3 is 2. The second-order valence-electron chi connectivity index (χ2n) is 8.55. The average molecular weight is 421 g/mol. The first-order valence-corrected chi connectivity index (χ1v) is 11.5. The van der Waals surface area contributed by atoms with Gasteiger partial charge in [-0.05, 0) is 39.8 Å². The summed E-state index contributed by atoms with van der Waals surface area (Å²) < 4.78 is 10.2. The van der Waals surface area contributed by atoms with E-state index in [1.165, 1.54) is 85.5 Å². The average Bonchev–Trinajstić information content (AvgIpc) is 2.75. The first kappa shape index (κ1) is 24.6. The lowest BCUT2D eigenvalue weighted by Gasteiger charge is -2.32. The molecule has 6 nitrogen and oxygen atoms in total. The highest BCUT2D eigenvalue weighted by Gasteiger charge is 2.34. The maximum absolute atomic E-state index is 12.6. The number of hydrogen-bond donors (Lipinski definition) is 0. The maximum atomic E-state index is 12.6. The van der Waals surface area contributed by atoms with E-state index in [1.807, 2.05) is 0 Å². The molecule has 6 heteroatoms. The largest absolute Gasteiger partial charge is 0.489 e. The minimum atomic E-state index is -0.236. The Morgan fingerprint density at radius 1 is 0.733 bits per heavy atom. The lowest BCUT2D eigenvalue weighted by molar-refractivity contribution is -0.121. The third-order valence-corrected chi connectivity index (χ3v) is 6.34.